The Morgan fingerprint density at radius 2 is 1.83 bits per heavy atom. The van der Waals surface area contributed by atoms with Crippen molar-refractivity contribution in [3.05, 3.63) is 95.8 Å². The third kappa shape index (κ3) is 7.10. The van der Waals surface area contributed by atoms with Crippen LogP contribution in [0.4, 0.5) is 5.69 Å². The number of carbonyl (C=O) groups is 1. The Bertz CT molecular complexity index is 1240. The number of hydrogen-bond donors (Lipinski definition) is 1. The second-order valence-corrected chi connectivity index (χ2v) is 8.94. The number of benzene rings is 3. The van der Waals surface area contributed by atoms with Gasteiger partial charge in [0.2, 0.25) is 0 Å². The molecule has 0 bridgehead atoms. The Kier molecular flexibility index (Phi) is 8.40. The molecule has 0 unspecified atom stereocenters. The first-order valence-electron chi connectivity index (χ1n) is 11.4. The largest absolute Gasteiger partial charge is 0.489 e. The van der Waals surface area contributed by atoms with E-state index in [0.29, 0.717) is 19.8 Å². The van der Waals surface area contributed by atoms with E-state index in [1.807, 2.05) is 79.2 Å². The fraction of sp³-hybridized carbons (Fsp3) is 0.222. The summed E-state index contributed by atoms with van der Waals surface area (Å²) in [6.07, 6.45) is 1.96. The van der Waals surface area contributed by atoms with Crippen LogP contribution in [0.15, 0.2) is 89.2 Å². The van der Waals surface area contributed by atoms with Gasteiger partial charge in [0.05, 0.1) is 13.0 Å². The molecule has 1 N–H and O–H groups in total. The minimum atomic E-state index is -0.215. The van der Waals surface area contributed by atoms with Gasteiger partial charge in [-0.05, 0) is 54.1 Å². The van der Waals surface area contributed by atoms with Gasteiger partial charge >= 0.3 is 5.97 Å². The van der Waals surface area contributed by atoms with E-state index < -0.39 is 0 Å². The Morgan fingerprint density at radius 1 is 1.03 bits per heavy atom. The van der Waals surface area contributed by atoms with Gasteiger partial charge < -0.3 is 19.4 Å². The molecule has 0 spiro atoms. The van der Waals surface area contributed by atoms with Crippen molar-refractivity contribution < 1.29 is 14.3 Å². The Labute approximate surface area is 209 Å². The number of nitrogens with one attached hydrogen (secondary N) is 1. The van der Waals surface area contributed by atoms with Crippen LogP contribution < -0.4 is 10.1 Å². The first-order chi connectivity index (χ1) is 17.1. The first-order valence-corrected chi connectivity index (χ1v) is 12.2. The monoisotopic (exact) mass is 488 g/mol. The lowest BCUT2D eigenvalue weighted by Crippen LogP contribution is -2.07. The molecule has 1 heterocycles. The van der Waals surface area contributed by atoms with E-state index in [9.17, 15) is 4.79 Å². The summed E-state index contributed by atoms with van der Waals surface area (Å²) in [6, 6.07) is 24.1. The Hall–Kier alpha value is -3.78. The number of rotatable bonds is 11. The number of anilines is 1. The van der Waals surface area contributed by atoms with Crippen molar-refractivity contribution >= 4 is 23.4 Å². The summed E-state index contributed by atoms with van der Waals surface area (Å²) in [5, 5.41) is 12.4. The predicted octanol–water partition coefficient (Wildman–Crippen LogP) is 5.26. The van der Waals surface area contributed by atoms with Gasteiger partial charge in [0.15, 0.2) is 5.16 Å². The quantitative estimate of drug-likeness (QED) is 0.288. The van der Waals surface area contributed by atoms with Gasteiger partial charge in [0, 0.05) is 29.7 Å². The number of ether oxygens (including phenoxy) is 2. The molecule has 0 aliphatic rings. The van der Waals surface area contributed by atoms with E-state index in [-0.39, 0.29) is 12.4 Å². The van der Waals surface area contributed by atoms with E-state index in [0.717, 1.165) is 38.2 Å². The number of aryl methyl sites for hydroxylation is 1. The molecule has 4 rings (SSSR count). The summed E-state index contributed by atoms with van der Waals surface area (Å²) >= 11 is 1.54. The lowest BCUT2D eigenvalue weighted by Gasteiger charge is -2.15. The van der Waals surface area contributed by atoms with Crippen molar-refractivity contribution in [2.75, 3.05) is 11.9 Å². The molecule has 0 aliphatic heterocycles. The Balaban J connectivity index is 1.46. The highest BCUT2D eigenvalue weighted by atomic mass is 32.2. The van der Waals surface area contributed by atoms with E-state index >= 15 is 0 Å². The summed E-state index contributed by atoms with van der Waals surface area (Å²) in [7, 11) is 1.92. The third-order valence-corrected chi connectivity index (χ3v) is 6.29. The molecule has 3 aromatic carbocycles. The van der Waals surface area contributed by atoms with Gasteiger partial charge in [-0.1, -0.05) is 48.5 Å². The fourth-order valence-corrected chi connectivity index (χ4v) is 4.19. The second kappa shape index (κ2) is 12.1. The summed E-state index contributed by atoms with van der Waals surface area (Å²) in [5.41, 5.74) is 4.03. The van der Waals surface area contributed by atoms with Gasteiger partial charge in [0.25, 0.3) is 0 Å². The normalized spacial score (nSPS) is 10.7. The van der Waals surface area contributed by atoms with Crippen LogP contribution in [0.2, 0.25) is 0 Å². The molecule has 4 aromatic rings. The number of aromatic nitrogens is 3. The second-order valence-electron chi connectivity index (χ2n) is 7.90. The zero-order valence-corrected chi connectivity index (χ0v) is 20.6. The molecular formula is C27H28N4O3S. The van der Waals surface area contributed by atoms with Crippen molar-refractivity contribution in [1.82, 2.24) is 14.8 Å². The van der Waals surface area contributed by atoms with Crippen LogP contribution in [-0.2, 0) is 36.2 Å². The van der Waals surface area contributed by atoms with Crippen LogP contribution in [0, 0.1) is 0 Å². The lowest BCUT2D eigenvalue weighted by molar-refractivity contribution is -0.142. The number of carbonyl (C=O) groups excluding carboxylic acids is 1. The topological polar surface area (TPSA) is 78.3 Å². The van der Waals surface area contributed by atoms with E-state index in [4.69, 9.17) is 9.47 Å². The van der Waals surface area contributed by atoms with Crippen LogP contribution in [0.5, 0.6) is 5.75 Å². The highest BCUT2D eigenvalue weighted by molar-refractivity contribution is 7.99. The smallest absolute Gasteiger partial charge is 0.310 e. The number of esters is 1. The lowest BCUT2D eigenvalue weighted by atomic mass is 10.1. The molecule has 0 radical (unpaired) electrons. The van der Waals surface area contributed by atoms with Crippen molar-refractivity contribution in [2.45, 2.75) is 36.5 Å². The van der Waals surface area contributed by atoms with Crippen LogP contribution in [0.1, 0.15) is 23.6 Å². The van der Waals surface area contributed by atoms with Crippen molar-refractivity contribution in [1.29, 1.82) is 0 Å². The van der Waals surface area contributed by atoms with Crippen LogP contribution in [-0.4, -0.2) is 27.3 Å². The summed E-state index contributed by atoms with van der Waals surface area (Å²) < 4.78 is 13.1. The molecule has 35 heavy (non-hydrogen) atoms. The average Bonchev–Trinajstić information content (AvgIpc) is 3.28. The highest BCUT2D eigenvalue weighted by Crippen LogP contribution is 2.31. The van der Waals surface area contributed by atoms with Gasteiger partial charge in [-0.2, -0.15) is 0 Å². The van der Waals surface area contributed by atoms with Crippen molar-refractivity contribution in [3.8, 4) is 5.75 Å². The maximum absolute atomic E-state index is 11.7. The number of nitrogens with zero attached hydrogens (tertiary/aromatic N) is 3. The Morgan fingerprint density at radius 3 is 2.54 bits per heavy atom. The molecule has 0 fully saturated rings. The minimum Gasteiger partial charge on any atom is -0.489 e. The van der Waals surface area contributed by atoms with Crippen LogP contribution >= 0.6 is 11.8 Å². The maximum Gasteiger partial charge on any atom is 0.310 e. The molecule has 7 nitrogen and oxygen atoms in total. The van der Waals surface area contributed by atoms with E-state index in [1.165, 1.54) is 0 Å². The SMILES string of the molecule is CCOC(=O)Cc1ccc(NCc2ccc(Sc3nncn3C)cc2OCc2ccccc2)cc1. The molecule has 180 valence electrons. The molecule has 0 aliphatic carbocycles. The molecule has 0 amide bonds. The summed E-state index contributed by atoms with van der Waals surface area (Å²) in [5.74, 6) is 0.597. The van der Waals surface area contributed by atoms with Crippen molar-refractivity contribution in [2.24, 2.45) is 7.05 Å². The molecule has 0 saturated carbocycles. The van der Waals surface area contributed by atoms with E-state index in [2.05, 4.69) is 27.6 Å². The zero-order valence-electron chi connectivity index (χ0n) is 19.8. The average molecular weight is 489 g/mol. The molecular weight excluding hydrogens is 460 g/mol. The van der Waals surface area contributed by atoms with Gasteiger partial charge in [0.1, 0.15) is 18.7 Å². The van der Waals surface area contributed by atoms with Gasteiger partial charge in [-0.3, -0.25) is 4.79 Å². The zero-order chi connectivity index (χ0) is 24.5. The summed E-state index contributed by atoms with van der Waals surface area (Å²) in [4.78, 5) is 12.7. The van der Waals surface area contributed by atoms with Crippen LogP contribution in [0.25, 0.3) is 0 Å². The summed E-state index contributed by atoms with van der Waals surface area (Å²) in [6.45, 7) is 3.28. The predicted molar refractivity (Wildman–Crippen MR) is 136 cm³/mol. The molecule has 1 aromatic heterocycles. The third-order valence-electron chi connectivity index (χ3n) is 5.25. The highest BCUT2D eigenvalue weighted by Gasteiger charge is 2.10. The molecule has 0 saturated heterocycles. The molecule has 0 atom stereocenters. The number of hydrogen-bond acceptors (Lipinski definition) is 7. The van der Waals surface area contributed by atoms with E-state index in [1.54, 1.807) is 18.1 Å². The van der Waals surface area contributed by atoms with Crippen LogP contribution in [0.3, 0.4) is 0 Å². The van der Waals surface area contributed by atoms with Crippen molar-refractivity contribution in [3.63, 3.8) is 0 Å². The van der Waals surface area contributed by atoms with Gasteiger partial charge in [-0.25, -0.2) is 0 Å². The first kappa shape index (κ1) is 24.3. The maximum atomic E-state index is 11.7. The fourth-order valence-electron chi connectivity index (χ4n) is 3.40. The standard InChI is InChI=1S/C27H28N4O3S/c1-3-33-26(32)15-20-9-12-23(13-10-20)28-17-22-11-14-24(35-27-30-29-19-31(27)2)16-25(22)34-18-21-7-5-4-6-8-21/h4-14,16,19,28H,3,15,17-18H2,1-2H3. The minimum absolute atomic E-state index is 0.215. The van der Waals surface area contributed by atoms with Gasteiger partial charge in [-0.15, -0.1) is 10.2 Å². The molecule has 8 heteroatoms.